The van der Waals surface area contributed by atoms with Crippen molar-refractivity contribution >= 4 is 18.4 Å². The molecule has 0 aliphatic heterocycles. The van der Waals surface area contributed by atoms with Crippen LogP contribution in [-0.4, -0.2) is 12.5 Å². The Hall–Kier alpha value is -2.82. The third-order valence-corrected chi connectivity index (χ3v) is 4.27. The van der Waals surface area contributed by atoms with Gasteiger partial charge in [0.25, 0.3) is 0 Å². The average molecular weight is 398 g/mol. The normalized spacial score (nSPS) is 11.2. The Morgan fingerprint density at radius 2 is 1.32 bits per heavy atom. The maximum atomic E-state index is 12.4. The van der Waals surface area contributed by atoms with Crippen LogP contribution in [0.15, 0.2) is 84.9 Å². The summed E-state index contributed by atoms with van der Waals surface area (Å²) >= 11 is 0. The highest BCUT2D eigenvalue weighted by molar-refractivity contribution is 5.85. The SMILES string of the molecule is Cl.NCC(C(=O)OCc1ccccc1)c1ccc(OCc2ccccc2)cc1. The lowest BCUT2D eigenvalue weighted by Crippen LogP contribution is -2.23. The molecule has 0 amide bonds. The predicted molar refractivity (Wildman–Crippen MR) is 112 cm³/mol. The molecule has 0 fully saturated rings. The first-order chi connectivity index (χ1) is 13.3. The molecule has 0 heterocycles. The van der Waals surface area contributed by atoms with Crippen LogP contribution in [-0.2, 0) is 22.7 Å². The lowest BCUT2D eigenvalue weighted by molar-refractivity contribution is -0.146. The maximum absolute atomic E-state index is 12.4. The van der Waals surface area contributed by atoms with E-state index in [1.807, 2.05) is 84.9 Å². The molecule has 0 bridgehead atoms. The summed E-state index contributed by atoms with van der Waals surface area (Å²) in [5.74, 6) is -0.0628. The van der Waals surface area contributed by atoms with Crippen molar-refractivity contribution in [3.8, 4) is 5.75 Å². The molecule has 3 aromatic carbocycles. The molecule has 0 radical (unpaired) electrons. The van der Waals surface area contributed by atoms with E-state index >= 15 is 0 Å². The maximum Gasteiger partial charge on any atom is 0.315 e. The summed E-state index contributed by atoms with van der Waals surface area (Å²) in [6, 6.07) is 27.0. The number of ether oxygens (including phenoxy) is 2. The molecule has 0 aromatic heterocycles. The van der Waals surface area contributed by atoms with Gasteiger partial charge in [-0.2, -0.15) is 0 Å². The first-order valence-corrected chi connectivity index (χ1v) is 8.93. The van der Waals surface area contributed by atoms with Gasteiger partial charge in [0.1, 0.15) is 19.0 Å². The summed E-state index contributed by atoms with van der Waals surface area (Å²) in [6.07, 6.45) is 0. The minimum absolute atomic E-state index is 0. The second kappa shape index (κ2) is 11.1. The van der Waals surface area contributed by atoms with Crippen LogP contribution in [0.1, 0.15) is 22.6 Å². The first kappa shape index (κ1) is 21.5. The Morgan fingerprint density at radius 3 is 1.86 bits per heavy atom. The number of esters is 1. The topological polar surface area (TPSA) is 61.6 Å². The number of hydrogen-bond donors (Lipinski definition) is 1. The summed E-state index contributed by atoms with van der Waals surface area (Å²) in [4.78, 5) is 12.4. The molecular formula is C23H24ClNO3. The predicted octanol–water partition coefficient (Wildman–Crippen LogP) is 4.47. The molecule has 3 rings (SSSR count). The Bertz CT molecular complexity index is 839. The van der Waals surface area contributed by atoms with E-state index in [-0.39, 0.29) is 31.5 Å². The van der Waals surface area contributed by atoms with Crippen LogP contribution in [0.4, 0.5) is 0 Å². The van der Waals surface area contributed by atoms with E-state index in [1.54, 1.807) is 0 Å². The van der Waals surface area contributed by atoms with Crippen LogP contribution in [0.25, 0.3) is 0 Å². The van der Waals surface area contributed by atoms with Gasteiger partial charge in [-0.1, -0.05) is 72.8 Å². The zero-order valence-electron chi connectivity index (χ0n) is 15.5. The monoisotopic (exact) mass is 397 g/mol. The van der Waals surface area contributed by atoms with Crippen molar-refractivity contribution in [2.24, 2.45) is 5.73 Å². The summed E-state index contributed by atoms with van der Waals surface area (Å²) < 4.78 is 11.2. The fourth-order valence-corrected chi connectivity index (χ4v) is 2.73. The van der Waals surface area contributed by atoms with Gasteiger partial charge in [-0.05, 0) is 28.8 Å². The fraction of sp³-hybridized carbons (Fsp3) is 0.174. The third kappa shape index (κ3) is 6.12. The molecule has 0 saturated carbocycles. The fourth-order valence-electron chi connectivity index (χ4n) is 2.73. The lowest BCUT2D eigenvalue weighted by Gasteiger charge is -2.15. The smallest absolute Gasteiger partial charge is 0.315 e. The van der Waals surface area contributed by atoms with E-state index < -0.39 is 5.92 Å². The summed E-state index contributed by atoms with van der Waals surface area (Å²) in [5.41, 5.74) is 8.69. The molecule has 1 atom stereocenters. The summed E-state index contributed by atoms with van der Waals surface area (Å²) in [7, 11) is 0. The number of rotatable bonds is 8. The average Bonchev–Trinajstić information content (AvgIpc) is 2.74. The minimum Gasteiger partial charge on any atom is -0.489 e. The van der Waals surface area contributed by atoms with Gasteiger partial charge in [0.2, 0.25) is 0 Å². The molecular weight excluding hydrogens is 374 g/mol. The summed E-state index contributed by atoms with van der Waals surface area (Å²) in [5, 5.41) is 0. The van der Waals surface area contributed by atoms with E-state index in [2.05, 4.69) is 0 Å². The number of hydrogen-bond acceptors (Lipinski definition) is 4. The highest BCUT2D eigenvalue weighted by atomic mass is 35.5. The van der Waals surface area contributed by atoms with Gasteiger partial charge in [-0.3, -0.25) is 4.79 Å². The van der Waals surface area contributed by atoms with E-state index in [9.17, 15) is 4.79 Å². The number of nitrogens with two attached hydrogens (primary N) is 1. The van der Waals surface area contributed by atoms with Gasteiger partial charge in [0.05, 0.1) is 5.92 Å². The van der Waals surface area contributed by atoms with E-state index in [0.29, 0.717) is 6.61 Å². The van der Waals surface area contributed by atoms with Gasteiger partial charge in [0, 0.05) is 6.54 Å². The molecule has 0 spiro atoms. The Morgan fingerprint density at radius 1 is 0.786 bits per heavy atom. The van der Waals surface area contributed by atoms with Crippen molar-refractivity contribution in [2.75, 3.05) is 6.54 Å². The molecule has 28 heavy (non-hydrogen) atoms. The van der Waals surface area contributed by atoms with Crippen molar-refractivity contribution in [3.63, 3.8) is 0 Å². The summed E-state index contributed by atoms with van der Waals surface area (Å²) in [6.45, 7) is 0.936. The highest BCUT2D eigenvalue weighted by Crippen LogP contribution is 2.21. The number of benzene rings is 3. The second-order valence-electron chi connectivity index (χ2n) is 6.22. The van der Waals surface area contributed by atoms with E-state index in [1.165, 1.54) is 0 Å². The van der Waals surface area contributed by atoms with Crippen LogP contribution in [0.5, 0.6) is 5.75 Å². The van der Waals surface area contributed by atoms with Gasteiger partial charge < -0.3 is 15.2 Å². The van der Waals surface area contributed by atoms with Crippen molar-refractivity contribution < 1.29 is 14.3 Å². The number of halogens is 1. The molecule has 5 heteroatoms. The largest absolute Gasteiger partial charge is 0.489 e. The lowest BCUT2D eigenvalue weighted by atomic mass is 9.99. The number of carbonyl (C=O) groups is 1. The van der Waals surface area contributed by atoms with Crippen molar-refractivity contribution in [1.29, 1.82) is 0 Å². The molecule has 146 valence electrons. The Labute approximate surface area is 171 Å². The second-order valence-corrected chi connectivity index (χ2v) is 6.22. The van der Waals surface area contributed by atoms with Crippen LogP contribution in [0, 0.1) is 0 Å². The minimum atomic E-state index is -0.489. The van der Waals surface area contributed by atoms with Crippen LogP contribution in [0.2, 0.25) is 0 Å². The van der Waals surface area contributed by atoms with Gasteiger partial charge >= 0.3 is 5.97 Å². The molecule has 0 saturated heterocycles. The molecule has 3 aromatic rings. The molecule has 0 aliphatic rings. The molecule has 0 aliphatic carbocycles. The molecule has 1 unspecified atom stereocenters. The zero-order chi connectivity index (χ0) is 18.9. The Kier molecular flexibility index (Phi) is 8.53. The Balaban J connectivity index is 0.00000280. The standard InChI is InChI=1S/C23H23NO3.ClH/c24-15-22(23(25)27-17-19-9-5-2-6-10-19)20-11-13-21(14-12-20)26-16-18-7-3-1-4-8-18;/h1-14,22H,15-17,24H2;1H. The molecule has 4 nitrogen and oxygen atoms in total. The van der Waals surface area contributed by atoms with Crippen molar-refractivity contribution in [2.45, 2.75) is 19.1 Å². The quantitative estimate of drug-likeness (QED) is 0.569. The van der Waals surface area contributed by atoms with Gasteiger partial charge in [0.15, 0.2) is 0 Å². The number of carbonyl (C=O) groups excluding carboxylic acids is 1. The van der Waals surface area contributed by atoms with Crippen LogP contribution < -0.4 is 10.5 Å². The zero-order valence-corrected chi connectivity index (χ0v) is 16.3. The van der Waals surface area contributed by atoms with E-state index in [0.717, 1.165) is 22.4 Å². The van der Waals surface area contributed by atoms with Gasteiger partial charge in [-0.25, -0.2) is 0 Å². The van der Waals surface area contributed by atoms with E-state index in [4.69, 9.17) is 15.2 Å². The first-order valence-electron chi connectivity index (χ1n) is 8.93. The van der Waals surface area contributed by atoms with Crippen LogP contribution >= 0.6 is 12.4 Å². The van der Waals surface area contributed by atoms with Crippen molar-refractivity contribution in [3.05, 3.63) is 102 Å². The highest BCUT2D eigenvalue weighted by Gasteiger charge is 2.20. The van der Waals surface area contributed by atoms with Gasteiger partial charge in [-0.15, -0.1) is 12.4 Å². The third-order valence-electron chi connectivity index (χ3n) is 4.27. The van der Waals surface area contributed by atoms with Crippen molar-refractivity contribution in [1.82, 2.24) is 0 Å². The molecule has 2 N–H and O–H groups in total. The van der Waals surface area contributed by atoms with Crippen LogP contribution in [0.3, 0.4) is 0 Å².